The molecule has 1 aliphatic heterocycles. The molecular formula is C23H22N4O4S2. The Morgan fingerprint density at radius 1 is 1.18 bits per heavy atom. The molecule has 1 aliphatic rings. The van der Waals surface area contributed by atoms with Crippen molar-refractivity contribution in [2.75, 3.05) is 43.6 Å². The van der Waals surface area contributed by atoms with Gasteiger partial charge in [0.2, 0.25) is 0 Å². The van der Waals surface area contributed by atoms with E-state index in [9.17, 15) is 4.79 Å². The van der Waals surface area contributed by atoms with Crippen molar-refractivity contribution in [3.63, 3.8) is 0 Å². The van der Waals surface area contributed by atoms with Crippen LogP contribution in [0.15, 0.2) is 47.3 Å². The number of amides is 1. The molecule has 8 nitrogen and oxygen atoms in total. The number of aromatic nitrogens is 2. The van der Waals surface area contributed by atoms with Gasteiger partial charge in [-0.25, -0.2) is 9.97 Å². The minimum Gasteiger partial charge on any atom is -0.493 e. The minimum atomic E-state index is -0.225. The fourth-order valence-corrected chi connectivity index (χ4v) is 5.07. The lowest BCUT2D eigenvalue weighted by atomic mass is 10.1. The Balaban J connectivity index is 1.29. The zero-order valence-corrected chi connectivity index (χ0v) is 19.6. The largest absolute Gasteiger partial charge is 0.493 e. The number of morpholine rings is 1. The molecule has 4 aromatic rings. The van der Waals surface area contributed by atoms with Crippen molar-refractivity contribution in [3.8, 4) is 11.5 Å². The summed E-state index contributed by atoms with van der Waals surface area (Å²) in [6.45, 7) is 3.46. The molecule has 2 aromatic heterocycles. The van der Waals surface area contributed by atoms with Crippen LogP contribution in [-0.2, 0) is 11.3 Å². The van der Waals surface area contributed by atoms with Crippen molar-refractivity contribution < 1.29 is 19.0 Å². The number of carbonyl (C=O) groups excluding carboxylic acids is 1. The van der Waals surface area contributed by atoms with E-state index in [0.717, 1.165) is 47.3 Å². The maximum atomic E-state index is 12.9. The third-order valence-corrected chi connectivity index (χ3v) is 6.92. The number of carbonyl (C=O) groups is 1. The van der Waals surface area contributed by atoms with Crippen molar-refractivity contribution in [2.45, 2.75) is 6.61 Å². The quantitative estimate of drug-likeness (QED) is 0.417. The van der Waals surface area contributed by atoms with Gasteiger partial charge in [-0.1, -0.05) is 11.3 Å². The predicted octanol–water partition coefficient (Wildman–Crippen LogP) is 4.43. The number of hydrogen-bond acceptors (Lipinski definition) is 9. The highest BCUT2D eigenvalue weighted by molar-refractivity contribution is 7.22. The lowest BCUT2D eigenvalue weighted by Gasteiger charge is -2.25. The highest BCUT2D eigenvalue weighted by atomic mass is 32.1. The summed E-state index contributed by atoms with van der Waals surface area (Å²) in [5.74, 6) is 0.825. The monoisotopic (exact) mass is 482 g/mol. The highest BCUT2D eigenvalue weighted by Gasteiger charge is 2.16. The average molecular weight is 483 g/mol. The van der Waals surface area contributed by atoms with Gasteiger partial charge in [0.15, 0.2) is 16.6 Å². The van der Waals surface area contributed by atoms with E-state index in [0.29, 0.717) is 29.4 Å². The van der Waals surface area contributed by atoms with E-state index >= 15 is 0 Å². The molecule has 0 saturated carbocycles. The van der Waals surface area contributed by atoms with Gasteiger partial charge < -0.3 is 24.4 Å². The number of hydrogen-bond donors (Lipinski definition) is 1. The Kier molecular flexibility index (Phi) is 6.38. The molecule has 0 atom stereocenters. The molecule has 1 amide bonds. The molecule has 1 N–H and O–H groups in total. The van der Waals surface area contributed by atoms with Crippen LogP contribution in [0.2, 0.25) is 0 Å². The summed E-state index contributed by atoms with van der Waals surface area (Å²) >= 11 is 3.14. The molecule has 1 saturated heterocycles. The van der Waals surface area contributed by atoms with Crippen LogP contribution in [0.5, 0.6) is 11.5 Å². The van der Waals surface area contributed by atoms with E-state index in [4.69, 9.17) is 19.2 Å². The molecule has 2 aromatic carbocycles. The van der Waals surface area contributed by atoms with Crippen LogP contribution in [0.4, 0.5) is 10.8 Å². The van der Waals surface area contributed by atoms with Crippen molar-refractivity contribution in [2.24, 2.45) is 0 Å². The van der Waals surface area contributed by atoms with Crippen molar-refractivity contribution in [1.82, 2.24) is 9.97 Å². The molecule has 5 rings (SSSR count). The Bertz CT molecular complexity index is 1250. The normalized spacial score (nSPS) is 13.8. The van der Waals surface area contributed by atoms with Crippen LogP contribution in [0.25, 0.3) is 10.2 Å². The van der Waals surface area contributed by atoms with Gasteiger partial charge >= 0.3 is 0 Å². The number of methoxy groups -OCH3 is 1. The van der Waals surface area contributed by atoms with E-state index in [1.54, 1.807) is 42.2 Å². The van der Waals surface area contributed by atoms with E-state index in [-0.39, 0.29) is 5.91 Å². The predicted molar refractivity (Wildman–Crippen MR) is 130 cm³/mol. The second-order valence-corrected chi connectivity index (χ2v) is 9.09. The van der Waals surface area contributed by atoms with Gasteiger partial charge in [0.1, 0.15) is 6.61 Å². The molecule has 10 heteroatoms. The molecule has 0 radical (unpaired) electrons. The van der Waals surface area contributed by atoms with Crippen molar-refractivity contribution in [3.05, 3.63) is 58.5 Å². The van der Waals surface area contributed by atoms with Crippen molar-refractivity contribution in [1.29, 1.82) is 0 Å². The number of anilines is 2. The summed E-state index contributed by atoms with van der Waals surface area (Å²) in [5, 5.41) is 5.88. The van der Waals surface area contributed by atoms with Crippen LogP contribution >= 0.6 is 22.7 Å². The Morgan fingerprint density at radius 3 is 2.85 bits per heavy atom. The van der Waals surface area contributed by atoms with Crippen LogP contribution in [0.1, 0.15) is 16.1 Å². The lowest BCUT2D eigenvalue weighted by Crippen LogP contribution is -2.36. The molecule has 0 unspecified atom stereocenters. The smallest absolute Gasteiger partial charge is 0.255 e. The van der Waals surface area contributed by atoms with Gasteiger partial charge in [0.25, 0.3) is 5.91 Å². The number of thiazole rings is 2. The summed E-state index contributed by atoms with van der Waals surface area (Å²) in [5.41, 5.74) is 4.72. The first kappa shape index (κ1) is 21.6. The molecule has 1 fully saturated rings. The summed E-state index contributed by atoms with van der Waals surface area (Å²) in [7, 11) is 1.55. The number of nitrogens with zero attached hydrogens (tertiary/aromatic N) is 3. The van der Waals surface area contributed by atoms with Gasteiger partial charge in [-0.05, 0) is 36.4 Å². The van der Waals surface area contributed by atoms with E-state index < -0.39 is 0 Å². The van der Waals surface area contributed by atoms with Crippen LogP contribution in [-0.4, -0.2) is 49.3 Å². The molecule has 0 aliphatic carbocycles. The summed E-state index contributed by atoms with van der Waals surface area (Å²) < 4.78 is 17.7. The first-order valence-corrected chi connectivity index (χ1v) is 12.2. The highest BCUT2D eigenvalue weighted by Crippen LogP contribution is 2.32. The Hall–Kier alpha value is -3.21. The van der Waals surface area contributed by atoms with Gasteiger partial charge in [-0.2, -0.15) is 0 Å². The molecule has 3 heterocycles. The average Bonchev–Trinajstić information content (AvgIpc) is 3.53. The van der Waals surface area contributed by atoms with Gasteiger partial charge in [0.05, 0.1) is 41.7 Å². The third kappa shape index (κ3) is 4.92. The molecule has 0 spiro atoms. The minimum absolute atomic E-state index is 0.225. The zero-order valence-electron chi connectivity index (χ0n) is 17.9. The Morgan fingerprint density at radius 2 is 2.06 bits per heavy atom. The molecule has 0 bridgehead atoms. The van der Waals surface area contributed by atoms with Gasteiger partial charge in [0, 0.05) is 29.7 Å². The maximum Gasteiger partial charge on any atom is 0.255 e. The second-order valence-electron chi connectivity index (χ2n) is 7.37. The molecule has 170 valence electrons. The SMILES string of the molecule is COc1cc(C(=O)Nc2ccc3nc(N4CCOCC4)sc3c2)ccc1OCc1cscn1. The fraction of sp³-hybridized carbons (Fsp3) is 0.261. The van der Waals surface area contributed by atoms with Crippen LogP contribution < -0.4 is 19.7 Å². The van der Waals surface area contributed by atoms with Crippen LogP contribution in [0.3, 0.4) is 0 Å². The topological polar surface area (TPSA) is 85.8 Å². The standard InChI is InChI=1S/C23H22N4O4S2/c1-29-20-10-15(2-5-19(20)31-12-17-13-32-14-24-17)22(28)25-16-3-4-18-21(11-16)33-23(26-18)27-6-8-30-9-7-27/h2-5,10-11,13-14H,6-9,12H2,1H3,(H,25,28). The van der Waals surface area contributed by atoms with E-state index in [1.807, 2.05) is 23.6 Å². The van der Waals surface area contributed by atoms with E-state index in [1.165, 1.54) is 11.3 Å². The van der Waals surface area contributed by atoms with Crippen LogP contribution in [0, 0.1) is 0 Å². The van der Waals surface area contributed by atoms with E-state index in [2.05, 4.69) is 15.2 Å². The number of ether oxygens (including phenoxy) is 3. The lowest BCUT2D eigenvalue weighted by molar-refractivity contribution is 0.102. The summed E-state index contributed by atoms with van der Waals surface area (Å²) in [6.07, 6.45) is 0. The summed E-state index contributed by atoms with van der Waals surface area (Å²) in [4.78, 5) is 24.0. The van der Waals surface area contributed by atoms with Gasteiger partial charge in [-0.3, -0.25) is 4.79 Å². The number of rotatable bonds is 7. The summed E-state index contributed by atoms with van der Waals surface area (Å²) in [6, 6.07) is 10.9. The zero-order chi connectivity index (χ0) is 22.6. The maximum absolute atomic E-state index is 12.9. The Labute approximate surface area is 198 Å². The first-order valence-electron chi connectivity index (χ1n) is 10.4. The molecule has 33 heavy (non-hydrogen) atoms. The fourth-order valence-electron chi connectivity index (χ4n) is 3.47. The number of nitrogens with one attached hydrogen (secondary N) is 1. The third-order valence-electron chi connectivity index (χ3n) is 5.20. The first-order chi connectivity index (χ1) is 16.2. The van der Waals surface area contributed by atoms with Gasteiger partial charge in [-0.15, -0.1) is 11.3 Å². The second kappa shape index (κ2) is 9.74. The van der Waals surface area contributed by atoms with Crippen molar-refractivity contribution >= 4 is 49.6 Å². The number of fused-ring (bicyclic) bond motifs is 1. The number of benzene rings is 2. The molecular weight excluding hydrogens is 460 g/mol.